The lowest BCUT2D eigenvalue weighted by atomic mass is 10.1. The van der Waals surface area contributed by atoms with Gasteiger partial charge in [0.05, 0.1) is 36.0 Å². The number of esters is 1. The van der Waals surface area contributed by atoms with Crippen molar-refractivity contribution in [3.63, 3.8) is 0 Å². The molecule has 1 N–H and O–H groups in total. The van der Waals surface area contributed by atoms with E-state index in [0.29, 0.717) is 29.2 Å². The van der Waals surface area contributed by atoms with Gasteiger partial charge < -0.3 is 14.8 Å². The first-order valence-corrected chi connectivity index (χ1v) is 12.5. The van der Waals surface area contributed by atoms with Gasteiger partial charge in [0.15, 0.2) is 0 Å². The van der Waals surface area contributed by atoms with Crippen LogP contribution in [0, 0.1) is 0 Å². The Morgan fingerprint density at radius 2 is 2.09 bits per heavy atom. The molecule has 2 aromatic heterocycles. The highest BCUT2D eigenvalue weighted by molar-refractivity contribution is 8.00. The molecule has 2 fully saturated rings. The molecular formula is C25H26N4O5S. The first-order valence-electron chi connectivity index (χ1n) is 11.7. The fourth-order valence-corrected chi connectivity index (χ4v) is 5.21. The molecule has 0 spiro atoms. The van der Waals surface area contributed by atoms with Gasteiger partial charge in [-0.3, -0.25) is 14.2 Å². The lowest BCUT2D eigenvalue weighted by molar-refractivity contribution is -0.120. The van der Waals surface area contributed by atoms with Crippen LogP contribution in [0.25, 0.3) is 10.9 Å². The summed E-state index contributed by atoms with van der Waals surface area (Å²) in [5.41, 5.74) is 0.619. The number of ether oxygens (including phenoxy) is 2. The molecule has 9 nitrogen and oxygen atoms in total. The van der Waals surface area contributed by atoms with Crippen molar-refractivity contribution in [2.45, 2.75) is 54.4 Å². The van der Waals surface area contributed by atoms with Crippen LogP contribution >= 0.6 is 11.8 Å². The molecule has 182 valence electrons. The minimum absolute atomic E-state index is 0.125. The molecule has 1 amide bonds. The minimum atomic E-state index is -0.829. The van der Waals surface area contributed by atoms with Gasteiger partial charge in [0.1, 0.15) is 11.9 Å². The van der Waals surface area contributed by atoms with E-state index in [-0.39, 0.29) is 23.0 Å². The molecule has 1 aliphatic carbocycles. The van der Waals surface area contributed by atoms with E-state index in [1.807, 2.05) is 12.1 Å². The van der Waals surface area contributed by atoms with Gasteiger partial charge in [-0.25, -0.2) is 14.8 Å². The predicted molar refractivity (Wildman–Crippen MR) is 132 cm³/mol. The van der Waals surface area contributed by atoms with Crippen LogP contribution in [-0.4, -0.2) is 51.5 Å². The number of benzene rings is 1. The summed E-state index contributed by atoms with van der Waals surface area (Å²) in [6.45, 7) is 0.641. The second-order valence-corrected chi connectivity index (χ2v) is 10.1. The van der Waals surface area contributed by atoms with Gasteiger partial charge >= 0.3 is 5.97 Å². The number of aromatic nitrogens is 3. The normalized spacial score (nSPS) is 18.4. The number of rotatable bonds is 8. The van der Waals surface area contributed by atoms with Crippen molar-refractivity contribution in [1.82, 2.24) is 14.5 Å². The maximum atomic E-state index is 13.4. The Balaban J connectivity index is 1.42. The molecule has 0 radical (unpaired) electrons. The number of hydrogen-bond donors (Lipinski definition) is 1. The molecule has 2 atom stereocenters. The summed E-state index contributed by atoms with van der Waals surface area (Å²) >= 11 is 1.81. The molecule has 1 saturated heterocycles. The lowest BCUT2D eigenvalue weighted by Crippen LogP contribution is -2.36. The van der Waals surface area contributed by atoms with E-state index >= 15 is 0 Å². The smallest absolute Gasteiger partial charge is 0.339 e. The number of thioether (sulfide) groups is 1. The number of anilines is 1. The van der Waals surface area contributed by atoms with Crippen molar-refractivity contribution in [1.29, 1.82) is 0 Å². The summed E-state index contributed by atoms with van der Waals surface area (Å²) < 4.78 is 11.8. The van der Waals surface area contributed by atoms with Crippen LogP contribution in [0.5, 0.6) is 0 Å². The molecule has 3 heterocycles. The number of nitrogens with one attached hydrogen (secondary N) is 1. The Morgan fingerprint density at radius 1 is 1.23 bits per heavy atom. The van der Waals surface area contributed by atoms with Crippen LogP contribution in [0.1, 0.15) is 48.5 Å². The first-order chi connectivity index (χ1) is 17.0. The highest BCUT2D eigenvalue weighted by Crippen LogP contribution is 2.39. The van der Waals surface area contributed by atoms with Crippen molar-refractivity contribution in [3.8, 4) is 0 Å². The van der Waals surface area contributed by atoms with Crippen molar-refractivity contribution < 1.29 is 19.1 Å². The number of nitrogens with zero attached hydrogens (tertiary/aromatic N) is 3. The zero-order chi connectivity index (χ0) is 24.4. The Hall–Kier alpha value is -3.24. The van der Waals surface area contributed by atoms with Crippen LogP contribution in [0.3, 0.4) is 0 Å². The van der Waals surface area contributed by atoms with Crippen molar-refractivity contribution in [2.24, 2.45) is 0 Å². The van der Waals surface area contributed by atoms with Gasteiger partial charge in [-0.1, -0.05) is 0 Å². The van der Waals surface area contributed by atoms with E-state index in [1.54, 1.807) is 17.8 Å². The number of pyridine rings is 1. The molecule has 1 aromatic carbocycles. The summed E-state index contributed by atoms with van der Waals surface area (Å²) in [5.74, 6) is -0.648. The zero-order valence-electron chi connectivity index (χ0n) is 19.3. The largest absolute Gasteiger partial charge is 0.465 e. The van der Waals surface area contributed by atoms with Gasteiger partial charge in [0.2, 0.25) is 5.91 Å². The summed E-state index contributed by atoms with van der Waals surface area (Å²) in [4.78, 5) is 48.2. The third-order valence-electron chi connectivity index (χ3n) is 6.17. The van der Waals surface area contributed by atoms with Crippen molar-refractivity contribution in [2.75, 3.05) is 19.0 Å². The Bertz CT molecular complexity index is 1300. The van der Waals surface area contributed by atoms with Gasteiger partial charge in [0, 0.05) is 29.4 Å². The predicted octanol–water partition coefficient (Wildman–Crippen LogP) is 3.58. The van der Waals surface area contributed by atoms with E-state index in [9.17, 15) is 14.4 Å². The van der Waals surface area contributed by atoms with Crippen LogP contribution in [-0.2, 0) is 14.3 Å². The molecule has 1 saturated carbocycles. The van der Waals surface area contributed by atoms with Gasteiger partial charge in [-0.15, -0.1) is 11.8 Å². The monoisotopic (exact) mass is 494 g/mol. The quantitative estimate of drug-likeness (QED) is 0.473. The third-order valence-corrected chi connectivity index (χ3v) is 7.50. The average molecular weight is 495 g/mol. The highest BCUT2D eigenvalue weighted by Gasteiger charge is 2.29. The SMILES string of the molecule is COC(=O)c1ccc(NC(=O)C(CC2CCCO2)n2cnc3cc(SC4CC4)ccc3c2=O)nc1. The molecule has 2 unspecified atom stereocenters. The molecule has 2 aliphatic rings. The fourth-order valence-electron chi connectivity index (χ4n) is 4.13. The summed E-state index contributed by atoms with van der Waals surface area (Å²) in [7, 11) is 1.29. The Morgan fingerprint density at radius 3 is 2.77 bits per heavy atom. The maximum absolute atomic E-state index is 13.4. The summed E-state index contributed by atoms with van der Waals surface area (Å²) in [6.07, 6.45) is 7.18. The zero-order valence-corrected chi connectivity index (χ0v) is 20.1. The number of carbonyl (C=O) groups is 2. The summed E-state index contributed by atoms with van der Waals surface area (Å²) in [5, 5.41) is 3.89. The molecule has 10 heteroatoms. The third kappa shape index (κ3) is 5.38. The fraction of sp³-hybridized carbons (Fsp3) is 0.400. The number of methoxy groups -OCH3 is 1. The van der Waals surface area contributed by atoms with Gasteiger partial charge in [0.25, 0.3) is 5.56 Å². The highest BCUT2D eigenvalue weighted by atomic mass is 32.2. The molecule has 3 aromatic rings. The minimum Gasteiger partial charge on any atom is -0.465 e. The number of hydrogen-bond acceptors (Lipinski definition) is 8. The second kappa shape index (κ2) is 10.2. The first kappa shape index (κ1) is 23.5. The average Bonchev–Trinajstić information content (AvgIpc) is 3.53. The van der Waals surface area contributed by atoms with E-state index in [1.165, 1.54) is 49.2 Å². The topological polar surface area (TPSA) is 112 Å². The molecule has 35 heavy (non-hydrogen) atoms. The molecule has 1 aliphatic heterocycles. The van der Waals surface area contributed by atoms with E-state index in [0.717, 1.165) is 17.7 Å². The van der Waals surface area contributed by atoms with Crippen LogP contribution in [0.4, 0.5) is 5.82 Å². The van der Waals surface area contributed by atoms with E-state index < -0.39 is 17.9 Å². The standard InChI is InChI=1S/C25H26N4O5S/c1-33-25(32)15-4-9-22(26-13-15)28-23(30)21(11-16-3-2-10-34-16)29-14-27-20-12-18(35-17-5-6-17)7-8-19(20)24(29)31/h4,7-9,12-14,16-17,21H,2-3,5-6,10-11H2,1H3,(H,26,28,30). The van der Waals surface area contributed by atoms with Crippen molar-refractivity contribution >= 4 is 40.4 Å². The second-order valence-electron chi connectivity index (χ2n) is 8.75. The lowest BCUT2D eigenvalue weighted by Gasteiger charge is -2.22. The van der Waals surface area contributed by atoms with E-state index in [2.05, 4.69) is 20.0 Å². The molecular weight excluding hydrogens is 468 g/mol. The van der Waals surface area contributed by atoms with Crippen LogP contribution in [0.15, 0.2) is 52.5 Å². The summed E-state index contributed by atoms with van der Waals surface area (Å²) in [6, 6.07) is 7.88. The van der Waals surface area contributed by atoms with Crippen molar-refractivity contribution in [3.05, 3.63) is 58.8 Å². The molecule has 0 bridgehead atoms. The number of fused-ring (bicyclic) bond motifs is 1. The van der Waals surface area contributed by atoms with Gasteiger partial charge in [-0.2, -0.15) is 0 Å². The Labute approximate surface area is 206 Å². The van der Waals surface area contributed by atoms with E-state index in [4.69, 9.17) is 4.74 Å². The Kier molecular flexibility index (Phi) is 6.83. The van der Waals surface area contributed by atoms with Crippen LogP contribution < -0.4 is 10.9 Å². The number of amides is 1. The van der Waals surface area contributed by atoms with Crippen LogP contribution in [0.2, 0.25) is 0 Å². The maximum Gasteiger partial charge on any atom is 0.339 e. The van der Waals surface area contributed by atoms with Gasteiger partial charge in [-0.05, 0) is 56.0 Å². The molecule has 5 rings (SSSR count). The number of carbonyl (C=O) groups excluding carboxylic acids is 2.